The maximum absolute atomic E-state index is 12.6. The molecule has 0 saturated carbocycles. The van der Waals surface area contributed by atoms with Crippen LogP contribution in [0.15, 0.2) is 77.0 Å². The largest absolute Gasteiger partial charge is 0.497 e. The maximum Gasteiger partial charge on any atom is 0.250 e. The van der Waals surface area contributed by atoms with E-state index in [1.165, 1.54) is 17.3 Å². The molecule has 3 aromatic carbocycles. The summed E-state index contributed by atoms with van der Waals surface area (Å²) in [5.74, 6) is 2.50. The van der Waals surface area contributed by atoms with Gasteiger partial charge in [-0.2, -0.15) is 5.10 Å². The number of ether oxygens (including phenoxy) is 3. The number of nitrogens with one attached hydrogen (secondary N) is 1. The highest BCUT2D eigenvalue weighted by atomic mass is 32.2. The fraction of sp³-hybridized carbons (Fsp3) is 0.290. The summed E-state index contributed by atoms with van der Waals surface area (Å²) in [6, 6.07) is 21.4. The summed E-state index contributed by atoms with van der Waals surface area (Å²) in [7, 11) is 3.21. The average molecular weight is 574 g/mol. The summed E-state index contributed by atoms with van der Waals surface area (Å²) in [5, 5.41) is 13.6. The van der Waals surface area contributed by atoms with Crippen molar-refractivity contribution >= 4 is 23.9 Å². The van der Waals surface area contributed by atoms with E-state index < -0.39 is 0 Å². The lowest BCUT2D eigenvalue weighted by Crippen LogP contribution is -2.20. The van der Waals surface area contributed by atoms with Crippen LogP contribution in [-0.2, 0) is 10.2 Å². The molecular weight excluding hydrogens is 538 g/mol. The molecule has 0 saturated heterocycles. The molecule has 41 heavy (non-hydrogen) atoms. The molecule has 0 aliphatic rings. The minimum Gasteiger partial charge on any atom is -0.497 e. The zero-order valence-electron chi connectivity index (χ0n) is 24.2. The first-order chi connectivity index (χ1) is 19.7. The van der Waals surface area contributed by atoms with E-state index in [4.69, 9.17) is 14.2 Å². The van der Waals surface area contributed by atoms with Crippen LogP contribution in [0.25, 0.3) is 17.1 Å². The molecule has 0 fully saturated rings. The Kier molecular flexibility index (Phi) is 9.67. The van der Waals surface area contributed by atoms with Gasteiger partial charge in [0.05, 0.1) is 32.8 Å². The third-order valence-corrected chi connectivity index (χ3v) is 7.12. The predicted octanol–water partition coefficient (Wildman–Crippen LogP) is 5.89. The van der Waals surface area contributed by atoms with E-state index in [0.29, 0.717) is 29.1 Å². The number of hydrogen-bond acceptors (Lipinski definition) is 8. The zero-order valence-corrected chi connectivity index (χ0v) is 25.0. The Morgan fingerprint density at radius 2 is 1.71 bits per heavy atom. The molecule has 0 radical (unpaired) electrons. The molecule has 0 aliphatic carbocycles. The van der Waals surface area contributed by atoms with Gasteiger partial charge in [0.1, 0.15) is 5.75 Å². The first-order valence-electron chi connectivity index (χ1n) is 13.2. The number of methoxy groups -OCH3 is 2. The summed E-state index contributed by atoms with van der Waals surface area (Å²) in [5.41, 5.74) is 6.39. The normalized spacial score (nSPS) is 11.5. The van der Waals surface area contributed by atoms with Crippen molar-refractivity contribution in [2.24, 2.45) is 5.10 Å². The van der Waals surface area contributed by atoms with Crippen LogP contribution in [-0.4, -0.2) is 53.5 Å². The standard InChI is InChI=1S/C31H35N5O4S/c1-7-40-26-17-8-21(18-27(26)39-6)19-32-33-28(37)20-41-30-35-34-29(22-9-11-23(12-10-22)31(2,3)4)36(30)24-13-15-25(38-5)16-14-24/h8-19H,7,20H2,1-6H3,(H,33,37)/b32-19+. The van der Waals surface area contributed by atoms with Gasteiger partial charge in [0.25, 0.3) is 5.91 Å². The number of amides is 1. The topological polar surface area (TPSA) is 99.9 Å². The Labute approximate surface area is 244 Å². The number of carbonyl (C=O) groups excluding carboxylic acids is 1. The van der Waals surface area contributed by atoms with Crippen LogP contribution < -0.4 is 19.6 Å². The second-order valence-corrected chi connectivity index (χ2v) is 11.0. The Hall–Kier alpha value is -4.31. The number of aromatic nitrogens is 3. The number of hydrazone groups is 1. The maximum atomic E-state index is 12.6. The van der Waals surface area contributed by atoms with Crippen molar-refractivity contribution in [1.82, 2.24) is 20.2 Å². The van der Waals surface area contributed by atoms with Crippen molar-refractivity contribution in [2.75, 3.05) is 26.6 Å². The Balaban J connectivity index is 1.50. The van der Waals surface area contributed by atoms with Crippen molar-refractivity contribution in [1.29, 1.82) is 0 Å². The van der Waals surface area contributed by atoms with Crippen molar-refractivity contribution in [3.8, 4) is 34.3 Å². The van der Waals surface area contributed by atoms with E-state index in [9.17, 15) is 4.79 Å². The molecule has 0 aliphatic heterocycles. The molecule has 214 valence electrons. The lowest BCUT2D eigenvalue weighted by atomic mass is 9.87. The minimum atomic E-state index is -0.274. The predicted molar refractivity (Wildman–Crippen MR) is 163 cm³/mol. The molecule has 4 aromatic rings. The van der Waals surface area contributed by atoms with Gasteiger partial charge in [-0.1, -0.05) is 56.8 Å². The third kappa shape index (κ3) is 7.46. The summed E-state index contributed by atoms with van der Waals surface area (Å²) in [4.78, 5) is 12.6. The second-order valence-electron chi connectivity index (χ2n) is 10.1. The lowest BCUT2D eigenvalue weighted by Gasteiger charge is -2.19. The average Bonchev–Trinajstić information content (AvgIpc) is 3.40. The molecule has 0 bridgehead atoms. The van der Waals surface area contributed by atoms with Gasteiger partial charge in [0.2, 0.25) is 0 Å². The zero-order chi connectivity index (χ0) is 29.4. The number of benzene rings is 3. The van der Waals surface area contributed by atoms with Gasteiger partial charge >= 0.3 is 0 Å². The number of nitrogens with zero attached hydrogens (tertiary/aromatic N) is 4. The third-order valence-electron chi connectivity index (χ3n) is 6.20. The molecule has 9 nitrogen and oxygen atoms in total. The van der Waals surface area contributed by atoms with Gasteiger partial charge in [-0.05, 0) is 65.9 Å². The van der Waals surface area contributed by atoms with E-state index in [1.54, 1.807) is 26.5 Å². The summed E-state index contributed by atoms with van der Waals surface area (Å²) in [6.07, 6.45) is 1.56. The minimum absolute atomic E-state index is 0.0397. The molecule has 10 heteroatoms. The van der Waals surface area contributed by atoms with Crippen LogP contribution in [0.2, 0.25) is 0 Å². The fourth-order valence-corrected chi connectivity index (χ4v) is 4.76. The van der Waals surface area contributed by atoms with Crippen molar-refractivity contribution in [2.45, 2.75) is 38.3 Å². The highest BCUT2D eigenvalue weighted by Gasteiger charge is 2.19. The number of thioether (sulfide) groups is 1. The molecule has 0 unspecified atom stereocenters. The molecule has 1 aromatic heterocycles. The molecule has 0 atom stereocenters. The first-order valence-corrected chi connectivity index (χ1v) is 14.2. The van der Waals surface area contributed by atoms with E-state index >= 15 is 0 Å². The van der Waals surface area contributed by atoms with Crippen LogP contribution in [0.5, 0.6) is 17.2 Å². The molecular formula is C31H35N5O4S. The van der Waals surface area contributed by atoms with E-state index in [0.717, 1.165) is 22.6 Å². The van der Waals surface area contributed by atoms with Crippen LogP contribution in [0.4, 0.5) is 0 Å². The van der Waals surface area contributed by atoms with E-state index in [2.05, 4.69) is 65.8 Å². The lowest BCUT2D eigenvalue weighted by molar-refractivity contribution is -0.118. The SMILES string of the molecule is CCOc1ccc(/C=N/NC(=O)CSc2nnc(-c3ccc(C(C)(C)C)cc3)n2-c2ccc(OC)cc2)cc1OC. The Bertz CT molecular complexity index is 1490. The Morgan fingerprint density at radius 1 is 0.976 bits per heavy atom. The van der Waals surface area contributed by atoms with E-state index in [1.807, 2.05) is 47.9 Å². The smallest absolute Gasteiger partial charge is 0.250 e. The van der Waals surface area contributed by atoms with Gasteiger partial charge < -0.3 is 14.2 Å². The first kappa shape index (κ1) is 29.7. The number of hydrogen-bond donors (Lipinski definition) is 1. The van der Waals surface area contributed by atoms with Gasteiger partial charge in [0, 0.05) is 11.3 Å². The van der Waals surface area contributed by atoms with Crippen LogP contribution in [0, 0.1) is 0 Å². The van der Waals surface area contributed by atoms with Crippen LogP contribution in [0.3, 0.4) is 0 Å². The molecule has 0 spiro atoms. The Morgan fingerprint density at radius 3 is 2.34 bits per heavy atom. The van der Waals surface area contributed by atoms with Crippen molar-refractivity contribution in [3.05, 3.63) is 77.9 Å². The highest BCUT2D eigenvalue weighted by molar-refractivity contribution is 7.99. The molecule has 1 heterocycles. The van der Waals surface area contributed by atoms with Crippen LogP contribution >= 0.6 is 11.8 Å². The van der Waals surface area contributed by atoms with Gasteiger partial charge in [-0.25, -0.2) is 5.43 Å². The van der Waals surface area contributed by atoms with Crippen LogP contribution in [0.1, 0.15) is 38.8 Å². The summed E-state index contributed by atoms with van der Waals surface area (Å²) in [6.45, 7) is 8.99. The number of rotatable bonds is 11. The summed E-state index contributed by atoms with van der Waals surface area (Å²) < 4.78 is 18.2. The van der Waals surface area contributed by atoms with Gasteiger partial charge in [-0.15, -0.1) is 10.2 Å². The summed E-state index contributed by atoms with van der Waals surface area (Å²) >= 11 is 1.28. The number of carbonyl (C=O) groups is 1. The van der Waals surface area contributed by atoms with Crippen molar-refractivity contribution in [3.63, 3.8) is 0 Å². The molecule has 1 amide bonds. The molecule has 1 N–H and O–H groups in total. The van der Waals surface area contributed by atoms with E-state index in [-0.39, 0.29) is 17.1 Å². The van der Waals surface area contributed by atoms with Crippen molar-refractivity contribution < 1.29 is 19.0 Å². The van der Waals surface area contributed by atoms with Gasteiger partial charge in [0.15, 0.2) is 22.5 Å². The molecule has 4 rings (SSSR count). The fourth-order valence-electron chi connectivity index (χ4n) is 4.01. The highest BCUT2D eigenvalue weighted by Crippen LogP contribution is 2.31. The van der Waals surface area contributed by atoms with Gasteiger partial charge in [-0.3, -0.25) is 9.36 Å². The second kappa shape index (κ2) is 13.4. The quantitative estimate of drug-likeness (QED) is 0.136. The monoisotopic (exact) mass is 573 g/mol.